The highest BCUT2D eigenvalue weighted by Gasteiger charge is 2.60. The first-order valence-corrected chi connectivity index (χ1v) is 11.4. The lowest BCUT2D eigenvalue weighted by Gasteiger charge is -2.29. The number of benzene rings is 1. The Hall–Kier alpha value is -3.44. The smallest absolute Gasteiger partial charge is 0.165 e. The van der Waals surface area contributed by atoms with Crippen LogP contribution in [0.4, 0.5) is 24.8 Å². The van der Waals surface area contributed by atoms with Crippen molar-refractivity contribution in [2.75, 3.05) is 11.5 Å². The molecule has 5 atom stereocenters. The van der Waals surface area contributed by atoms with Crippen LogP contribution in [0.5, 0.6) is 0 Å². The van der Waals surface area contributed by atoms with Crippen LogP contribution in [0.15, 0.2) is 30.7 Å². The normalized spacial score (nSPS) is 28.3. The summed E-state index contributed by atoms with van der Waals surface area (Å²) in [5.41, 5.74) is 11.2. The Bertz CT molecular complexity index is 1490. The van der Waals surface area contributed by atoms with Gasteiger partial charge < -0.3 is 26.2 Å². The van der Waals surface area contributed by atoms with E-state index in [1.165, 1.54) is 23.2 Å². The number of aromatic nitrogens is 4. The van der Waals surface area contributed by atoms with Gasteiger partial charge in [0.1, 0.15) is 29.7 Å². The second-order valence-electron chi connectivity index (χ2n) is 9.69. The average molecular weight is 484 g/mol. The number of nitrogen functional groups attached to an aromatic ring is 2. The maximum Gasteiger partial charge on any atom is 0.165 e. The molecule has 0 aliphatic heterocycles. The SMILES string of the molecule is Nc1nc2cc(C[C@@H]3CC[C@@]4(O)[C@@H]3C[C@@H](n3cc(F)c5c(N)ncnc53)[C@@H]4O)cc(F)c2cc1F. The summed E-state index contributed by atoms with van der Waals surface area (Å²) in [6.45, 7) is 0. The van der Waals surface area contributed by atoms with Crippen LogP contribution in [0.3, 0.4) is 0 Å². The van der Waals surface area contributed by atoms with E-state index in [1.807, 2.05) is 0 Å². The van der Waals surface area contributed by atoms with Crippen LogP contribution in [-0.4, -0.2) is 41.4 Å². The summed E-state index contributed by atoms with van der Waals surface area (Å²) >= 11 is 0. The van der Waals surface area contributed by atoms with Gasteiger partial charge in [-0.3, -0.25) is 0 Å². The number of hydrogen-bond acceptors (Lipinski definition) is 7. The zero-order valence-corrected chi connectivity index (χ0v) is 18.5. The highest BCUT2D eigenvalue weighted by Crippen LogP contribution is 2.55. The summed E-state index contributed by atoms with van der Waals surface area (Å²) in [5.74, 6) is -2.66. The van der Waals surface area contributed by atoms with Crippen molar-refractivity contribution in [1.82, 2.24) is 19.5 Å². The van der Waals surface area contributed by atoms with E-state index in [2.05, 4.69) is 15.0 Å². The molecule has 6 N–H and O–H groups in total. The molecule has 1 aromatic carbocycles. The Morgan fingerprint density at radius 2 is 1.86 bits per heavy atom. The maximum atomic E-state index is 14.7. The number of hydrogen-bond donors (Lipinski definition) is 4. The van der Waals surface area contributed by atoms with E-state index < -0.39 is 35.2 Å². The minimum Gasteiger partial charge on any atom is -0.388 e. The lowest BCUT2D eigenvalue weighted by Crippen LogP contribution is -2.42. The molecule has 0 saturated heterocycles. The van der Waals surface area contributed by atoms with E-state index >= 15 is 0 Å². The Kier molecular flexibility index (Phi) is 4.74. The lowest BCUT2D eigenvalue weighted by atomic mass is 9.84. The van der Waals surface area contributed by atoms with Gasteiger partial charge in [-0.05, 0) is 61.3 Å². The Morgan fingerprint density at radius 1 is 1.06 bits per heavy atom. The molecule has 0 amide bonds. The molecule has 3 heterocycles. The van der Waals surface area contributed by atoms with Crippen LogP contribution in [0.25, 0.3) is 21.9 Å². The van der Waals surface area contributed by atoms with E-state index in [-0.39, 0.29) is 45.4 Å². The first-order chi connectivity index (χ1) is 16.7. The second-order valence-corrected chi connectivity index (χ2v) is 9.69. The Labute approximate surface area is 197 Å². The van der Waals surface area contributed by atoms with Crippen LogP contribution in [-0.2, 0) is 6.42 Å². The average Bonchev–Trinajstić information content (AvgIpc) is 3.40. The van der Waals surface area contributed by atoms with Gasteiger partial charge in [-0.25, -0.2) is 28.1 Å². The monoisotopic (exact) mass is 484 g/mol. The van der Waals surface area contributed by atoms with Crippen molar-refractivity contribution in [3.63, 3.8) is 0 Å². The van der Waals surface area contributed by atoms with Crippen molar-refractivity contribution in [2.24, 2.45) is 11.8 Å². The van der Waals surface area contributed by atoms with Gasteiger partial charge in [0.2, 0.25) is 0 Å². The molecule has 0 bridgehead atoms. The molecule has 2 saturated carbocycles. The zero-order valence-electron chi connectivity index (χ0n) is 18.5. The molecular formula is C24H23F3N6O2. The summed E-state index contributed by atoms with van der Waals surface area (Å²) in [6, 6.07) is 3.42. The molecule has 8 nitrogen and oxygen atoms in total. The highest BCUT2D eigenvalue weighted by molar-refractivity contribution is 5.87. The maximum absolute atomic E-state index is 14.7. The van der Waals surface area contributed by atoms with Gasteiger partial charge in [0.25, 0.3) is 0 Å². The number of anilines is 2. The first kappa shape index (κ1) is 22.1. The van der Waals surface area contributed by atoms with E-state index in [0.29, 0.717) is 31.2 Å². The number of halogens is 3. The molecular weight excluding hydrogens is 461 g/mol. The molecule has 2 aliphatic carbocycles. The zero-order chi connectivity index (χ0) is 24.6. The summed E-state index contributed by atoms with van der Waals surface area (Å²) in [5, 5.41) is 22.7. The van der Waals surface area contributed by atoms with Gasteiger partial charge >= 0.3 is 0 Å². The summed E-state index contributed by atoms with van der Waals surface area (Å²) < 4.78 is 44.6. The van der Waals surface area contributed by atoms with Crippen molar-refractivity contribution in [3.05, 3.63) is 53.7 Å². The first-order valence-electron chi connectivity index (χ1n) is 11.4. The summed E-state index contributed by atoms with van der Waals surface area (Å²) in [6.07, 6.45) is 3.09. The minimum atomic E-state index is -1.37. The Balaban J connectivity index is 1.32. The standard InChI is InChI=1S/C24H23F3N6O2/c25-14-4-10(5-17-12(14)6-15(26)21(28)32-17)3-11-1-2-24(35)13(11)7-18(20(24)34)33-8-16(27)19-22(29)30-9-31-23(19)33/h4-6,8-9,11,13,18,20,34-35H,1-3,7H2,(H2,28,32)(H2,29,30,31)/t11-,13+,18+,20-,24+/m0/s1. The number of fused-ring (bicyclic) bond motifs is 3. The van der Waals surface area contributed by atoms with Gasteiger partial charge in [0.05, 0.1) is 22.5 Å². The fourth-order valence-corrected chi connectivity index (χ4v) is 6.22. The third-order valence-corrected chi connectivity index (χ3v) is 7.87. The molecule has 0 spiro atoms. The molecule has 3 aromatic heterocycles. The molecule has 6 rings (SSSR count). The van der Waals surface area contributed by atoms with Gasteiger partial charge in [-0.15, -0.1) is 0 Å². The van der Waals surface area contributed by atoms with Gasteiger partial charge in [0, 0.05) is 11.6 Å². The van der Waals surface area contributed by atoms with Gasteiger partial charge in [0.15, 0.2) is 17.5 Å². The number of nitrogens with zero attached hydrogens (tertiary/aromatic N) is 4. The quantitative estimate of drug-likeness (QED) is 0.351. The summed E-state index contributed by atoms with van der Waals surface area (Å²) in [4.78, 5) is 11.9. The van der Waals surface area contributed by atoms with E-state index in [1.54, 1.807) is 6.07 Å². The number of aliphatic hydroxyl groups is 2. The predicted octanol–water partition coefficient (Wildman–Crippen LogP) is 2.87. The minimum absolute atomic E-state index is 0.00276. The van der Waals surface area contributed by atoms with Gasteiger partial charge in [-0.2, -0.15) is 0 Å². The van der Waals surface area contributed by atoms with Gasteiger partial charge in [-0.1, -0.05) is 0 Å². The largest absolute Gasteiger partial charge is 0.388 e. The number of pyridine rings is 1. The van der Waals surface area contributed by atoms with Crippen LogP contribution < -0.4 is 11.5 Å². The highest BCUT2D eigenvalue weighted by atomic mass is 19.1. The van der Waals surface area contributed by atoms with Crippen LogP contribution >= 0.6 is 0 Å². The van der Waals surface area contributed by atoms with Crippen molar-refractivity contribution < 1.29 is 23.4 Å². The molecule has 182 valence electrons. The second kappa shape index (κ2) is 7.53. The molecule has 2 fully saturated rings. The number of aliphatic hydroxyl groups excluding tert-OH is 1. The molecule has 35 heavy (non-hydrogen) atoms. The Morgan fingerprint density at radius 3 is 2.66 bits per heavy atom. The van der Waals surface area contributed by atoms with Crippen molar-refractivity contribution >= 4 is 33.6 Å². The third kappa shape index (κ3) is 3.18. The van der Waals surface area contributed by atoms with Crippen molar-refractivity contribution in [3.8, 4) is 0 Å². The van der Waals surface area contributed by atoms with Crippen LogP contribution in [0.1, 0.15) is 30.9 Å². The predicted molar refractivity (Wildman–Crippen MR) is 122 cm³/mol. The van der Waals surface area contributed by atoms with Crippen molar-refractivity contribution in [2.45, 2.75) is 43.4 Å². The van der Waals surface area contributed by atoms with Crippen LogP contribution in [0.2, 0.25) is 0 Å². The molecule has 0 unspecified atom stereocenters. The summed E-state index contributed by atoms with van der Waals surface area (Å²) in [7, 11) is 0. The molecule has 2 aliphatic rings. The fraction of sp³-hybridized carbons (Fsp3) is 0.375. The topological polar surface area (TPSA) is 136 Å². The molecule has 11 heteroatoms. The third-order valence-electron chi connectivity index (χ3n) is 7.87. The van der Waals surface area contributed by atoms with Crippen molar-refractivity contribution in [1.29, 1.82) is 0 Å². The van der Waals surface area contributed by atoms with E-state index in [4.69, 9.17) is 11.5 Å². The number of nitrogens with two attached hydrogens (primary N) is 2. The van der Waals surface area contributed by atoms with E-state index in [9.17, 15) is 23.4 Å². The fourth-order valence-electron chi connectivity index (χ4n) is 6.22. The number of rotatable bonds is 3. The molecule has 0 radical (unpaired) electrons. The van der Waals surface area contributed by atoms with Crippen LogP contribution in [0, 0.1) is 29.3 Å². The molecule has 4 aromatic rings. The lowest BCUT2D eigenvalue weighted by molar-refractivity contribution is -0.0800. The van der Waals surface area contributed by atoms with E-state index in [0.717, 1.165) is 6.07 Å².